The molecule has 0 amide bonds. The number of halogens is 6. The molecule has 3 nitrogen and oxygen atoms in total. The van der Waals surface area contributed by atoms with Crippen molar-refractivity contribution >= 4 is 23.0 Å². The van der Waals surface area contributed by atoms with Crippen LogP contribution in [0.25, 0.3) is 0 Å². The van der Waals surface area contributed by atoms with Gasteiger partial charge in [0.05, 0.1) is 11.1 Å². The molecule has 0 heterocycles. The molecule has 2 rings (SSSR count). The van der Waals surface area contributed by atoms with E-state index in [1.165, 1.54) is 0 Å². The van der Waals surface area contributed by atoms with Gasteiger partial charge < -0.3 is 15.5 Å². The predicted octanol–water partition coefficient (Wildman–Crippen LogP) is 5.52. The average molecular weight is 441 g/mol. The van der Waals surface area contributed by atoms with Crippen LogP contribution in [0.15, 0.2) is 18.2 Å². The molecule has 0 saturated heterocycles. The van der Waals surface area contributed by atoms with Crippen molar-refractivity contribution in [2.75, 3.05) is 19.4 Å². The third-order valence-electron chi connectivity index (χ3n) is 6.03. The number of nitrogens with one attached hydrogen (secondary N) is 2. The lowest BCUT2D eigenvalue weighted by Gasteiger charge is -2.44. The smallest absolute Gasteiger partial charge is 0.357 e. The number of nitrogens with zero attached hydrogens (tertiary/aromatic N) is 1. The number of thiocarbonyl (C=S) groups is 1. The monoisotopic (exact) mass is 441 g/mol. The summed E-state index contributed by atoms with van der Waals surface area (Å²) in [5, 5.41) is 5.61. The van der Waals surface area contributed by atoms with Crippen molar-refractivity contribution in [1.29, 1.82) is 0 Å². The number of hydrogen-bond acceptors (Lipinski definition) is 2. The highest BCUT2D eigenvalue weighted by Gasteiger charge is 2.52. The highest BCUT2D eigenvalue weighted by molar-refractivity contribution is 7.80. The van der Waals surface area contributed by atoms with Gasteiger partial charge in [0.2, 0.25) is 0 Å². The van der Waals surface area contributed by atoms with Crippen molar-refractivity contribution in [3.8, 4) is 0 Å². The van der Waals surface area contributed by atoms with Gasteiger partial charge in [0.15, 0.2) is 5.11 Å². The fraction of sp³-hybridized carbons (Fsp3) is 0.632. The van der Waals surface area contributed by atoms with Gasteiger partial charge in [-0.15, -0.1) is 0 Å². The summed E-state index contributed by atoms with van der Waals surface area (Å²) in [6.45, 7) is 6.08. The second kappa shape index (κ2) is 7.61. The molecular weight excluding hydrogens is 416 g/mol. The first-order valence-electron chi connectivity index (χ1n) is 9.02. The maximum absolute atomic E-state index is 13.0. The maximum Gasteiger partial charge on any atom is 0.416 e. The molecule has 164 valence electrons. The molecule has 0 bridgehead atoms. The normalized spacial score (nSPS) is 24.6. The molecule has 0 aliphatic heterocycles. The van der Waals surface area contributed by atoms with Crippen LogP contribution < -0.4 is 10.6 Å². The Morgan fingerprint density at radius 3 is 1.86 bits per heavy atom. The number of benzene rings is 1. The average Bonchev–Trinajstić information content (AvgIpc) is 2.74. The van der Waals surface area contributed by atoms with E-state index >= 15 is 0 Å². The van der Waals surface area contributed by atoms with E-state index in [-0.39, 0.29) is 28.3 Å². The Hall–Kier alpha value is -1.55. The van der Waals surface area contributed by atoms with Gasteiger partial charge in [0, 0.05) is 22.7 Å². The van der Waals surface area contributed by atoms with Crippen LogP contribution in [-0.2, 0) is 12.4 Å². The topological polar surface area (TPSA) is 27.3 Å². The second-order valence-electron chi connectivity index (χ2n) is 8.45. The molecular formula is C19H25F6N3S. The molecule has 0 unspecified atom stereocenters. The largest absolute Gasteiger partial charge is 0.416 e. The Labute approximate surface area is 171 Å². The fourth-order valence-electron chi connectivity index (χ4n) is 4.04. The molecule has 0 aromatic heterocycles. The van der Waals surface area contributed by atoms with Crippen LogP contribution >= 0.6 is 12.2 Å². The summed E-state index contributed by atoms with van der Waals surface area (Å²) in [5.41, 5.74) is -3.88. The molecule has 1 fully saturated rings. The van der Waals surface area contributed by atoms with E-state index in [9.17, 15) is 26.3 Å². The zero-order chi connectivity index (χ0) is 22.4. The van der Waals surface area contributed by atoms with Crippen molar-refractivity contribution < 1.29 is 26.3 Å². The zero-order valence-electron chi connectivity index (χ0n) is 16.8. The van der Waals surface area contributed by atoms with Gasteiger partial charge in [0.25, 0.3) is 0 Å². The minimum Gasteiger partial charge on any atom is -0.357 e. The van der Waals surface area contributed by atoms with E-state index in [1.807, 2.05) is 21.0 Å². The summed E-state index contributed by atoms with van der Waals surface area (Å²) in [6, 6.07) is 1.57. The van der Waals surface area contributed by atoms with Crippen LogP contribution in [0.1, 0.15) is 44.7 Å². The first kappa shape index (κ1) is 23.7. The summed E-state index contributed by atoms with van der Waals surface area (Å²) in [5.74, 6) is 0. The number of rotatable bonds is 3. The zero-order valence-corrected chi connectivity index (χ0v) is 17.7. The van der Waals surface area contributed by atoms with Crippen LogP contribution in [0.5, 0.6) is 0 Å². The van der Waals surface area contributed by atoms with Crippen LogP contribution in [0.3, 0.4) is 0 Å². The fourth-order valence-corrected chi connectivity index (χ4v) is 4.39. The van der Waals surface area contributed by atoms with Gasteiger partial charge in [-0.05, 0) is 64.3 Å². The molecule has 2 atom stereocenters. The minimum absolute atomic E-state index is 0.0209. The van der Waals surface area contributed by atoms with Gasteiger partial charge >= 0.3 is 12.4 Å². The quantitative estimate of drug-likeness (QED) is 0.477. The summed E-state index contributed by atoms with van der Waals surface area (Å²) in [6.07, 6.45) is -8.19. The lowest BCUT2D eigenvalue weighted by Crippen LogP contribution is -2.58. The third kappa shape index (κ3) is 4.96. The van der Waals surface area contributed by atoms with Crippen molar-refractivity contribution in [2.24, 2.45) is 5.41 Å². The highest BCUT2D eigenvalue weighted by Crippen LogP contribution is 2.47. The Balaban J connectivity index is 2.27. The number of anilines is 1. The lowest BCUT2D eigenvalue weighted by atomic mass is 9.74. The van der Waals surface area contributed by atoms with E-state index in [4.69, 9.17) is 12.2 Å². The first-order chi connectivity index (χ1) is 13.0. The highest BCUT2D eigenvalue weighted by atomic mass is 32.1. The van der Waals surface area contributed by atoms with Crippen molar-refractivity contribution in [3.63, 3.8) is 0 Å². The van der Waals surface area contributed by atoms with Gasteiger partial charge in [-0.2, -0.15) is 26.3 Å². The molecule has 0 spiro atoms. The number of hydrogen-bond donors (Lipinski definition) is 2. The number of alkyl halides is 6. The molecule has 1 saturated carbocycles. The molecule has 10 heteroatoms. The van der Waals surface area contributed by atoms with E-state index in [2.05, 4.69) is 29.4 Å². The van der Waals surface area contributed by atoms with Gasteiger partial charge in [-0.1, -0.05) is 13.8 Å². The summed E-state index contributed by atoms with van der Waals surface area (Å²) < 4.78 is 78.2. The van der Waals surface area contributed by atoms with Crippen molar-refractivity contribution in [2.45, 2.75) is 57.5 Å². The van der Waals surface area contributed by atoms with Crippen LogP contribution in [0.4, 0.5) is 32.0 Å². The van der Waals surface area contributed by atoms with E-state index in [1.54, 1.807) is 0 Å². The molecule has 1 aromatic rings. The molecule has 2 N–H and O–H groups in total. The Kier molecular flexibility index (Phi) is 6.23. The Bertz CT molecular complexity index is 740. The Morgan fingerprint density at radius 2 is 1.48 bits per heavy atom. The minimum atomic E-state index is -4.91. The van der Waals surface area contributed by atoms with Crippen LogP contribution in [0, 0.1) is 5.41 Å². The van der Waals surface area contributed by atoms with E-state index in [0.717, 1.165) is 12.8 Å². The van der Waals surface area contributed by atoms with Crippen molar-refractivity contribution in [3.05, 3.63) is 29.3 Å². The van der Waals surface area contributed by atoms with Crippen LogP contribution in [-0.4, -0.2) is 35.7 Å². The first-order valence-corrected chi connectivity index (χ1v) is 9.43. The van der Waals surface area contributed by atoms with E-state index in [0.29, 0.717) is 12.1 Å². The van der Waals surface area contributed by atoms with Gasteiger partial charge in [-0.3, -0.25) is 0 Å². The molecule has 1 aliphatic rings. The van der Waals surface area contributed by atoms with Gasteiger partial charge in [-0.25, -0.2) is 0 Å². The molecule has 1 aliphatic carbocycles. The molecule has 0 radical (unpaired) electrons. The van der Waals surface area contributed by atoms with Crippen molar-refractivity contribution in [1.82, 2.24) is 10.2 Å². The molecule has 1 aromatic carbocycles. The van der Waals surface area contributed by atoms with Gasteiger partial charge in [0.1, 0.15) is 0 Å². The second-order valence-corrected chi connectivity index (χ2v) is 8.85. The predicted molar refractivity (Wildman–Crippen MR) is 105 cm³/mol. The standard InChI is InChI=1S/C19H25F6N3S/c1-16(2)14(28(4)5)6-7-17(16,3)27-15(29)26-13-9-11(18(20,21)22)8-12(10-13)19(23,24)25/h8-10,14H,6-7H2,1-5H3,(H2,26,27,29)/t14-,17+/m0/s1. The lowest BCUT2D eigenvalue weighted by molar-refractivity contribution is -0.143. The summed E-state index contributed by atoms with van der Waals surface area (Å²) in [7, 11) is 3.94. The molecule has 29 heavy (non-hydrogen) atoms. The third-order valence-corrected chi connectivity index (χ3v) is 6.24. The summed E-state index contributed by atoms with van der Waals surface area (Å²) >= 11 is 5.23. The van der Waals surface area contributed by atoms with Crippen LogP contribution in [0.2, 0.25) is 0 Å². The summed E-state index contributed by atoms with van der Waals surface area (Å²) in [4.78, 5) is 2.10. The SMILES string of the molecule is CN(C)[C@H]1CC[C@@](C)(NC(=S)Nc2cc(C(F)(F)F)cc(C(F)(F)F)c2)C1(C)C. The van der Waals surface area contributed by atoms with E-state index < -0.39 is 29.0 Å². The Morgan fingerprint density at radius 1 is 1.00 bits per heavy atom. The maximum atomic E-state index is 13.0.